The molecular weight excluding hydrogens is 432 g/mol. The van der Waals surface area contributed by atoms with E-state index in [2.05, 4.69) is 22.0 Å². The van der Waals surface area contributed by atoms with Crippen molar-refractivity contribution in [2.24, 2.45) is 0 Å². The van der Waals surface area contributed by atoms with Crippen LogP contribution in [-0.4, -0.2) is 27.3 Å². The lowest BCUT2D eigenvalue weighted by atomic mass is 10.0. The van der Waals surface area contributed by atoms with Gasteiger partial charge in [-0.15, -0.1) is 0 Å². The quantitative estimate of drug-likeness (QED) is 0.297. The number of carbonyl (C=O) groups excluding carboxylic acids is 1. The number of carbonyl (C=O) groups is 1. The third-order valence-corrected chi connectivity index (χ3v) is 5.39. The van der Waals surface area contributed by atoms with Crippen LogP contribution in [0.3, 0.4) is 0 Å². The average Bonchev–Trinajstić information content (AvgIpc) is 3.31. The summed E-state index contributed by atoms with van der Waals surface area (Å²) >= 11 is 0. The summed E-state index contributed by atoms with van der Waals surface area (Å²) in [5, 5.41) is 7.78. The fraction of sp³-hybridized carbons (Fsp3) is 0.231. The Labute approximate surface area is 196 Å². The molecule has 0 atom stereocenters. The highest BCUT2D eigenvalue weighted by atomic mass is 16.5. The van der Waals surface area contributed by atoms with Crippen LogP contribution < -0.4 is 15.7 Å². The smallest absolute Gasteiger partial charge is 0.339 e. The summed E-state index contributed by atoms with van der Waals surface area (Å²) in [6.07, 6.45) is 3.59. The molecule has 1 N–H and O–H groups in total. The van der Waals surface area contributed by atoms with E-state index in [1.807, 2.05) is 50.2 Å². The summed E-state index contributed by atoms with van der Waals surface area (Å²) in [7, 11) is 0. The first-order valence-electron chi connectivity index (χ1n) is 10.9. The Hall–Kier alpha value is -4.20. The molecule has 2 aromatic heterocycles. The van der Waals surface area contributed by atoms with E-state index in [0.717, 1.165) is 22.1 Å². The van der Waals surface area contributed by atoms with Crippen LogP contribution in [0.15, 0.2) is 76.5 Å². The molecule has 8 heteroatoms. The van der Waals surface area contributed by atoms with Gasteiger partial charge in [0.15, 0.2) is 0 Å². The summed E-state index contributed by atoms with van der Waals surface area (Å²) in [6.45, 7) is 8.56. The molecule has 8 nitrogen and oxygen atoms in total. The zero-order chi connectivity index (χ0) is 24.1. The number of hydrogen-bond donors (Lipinski definition) is 1. The fourth-order valence-corrected chi connectivity index (χ4v) is 3.62. The minimum Gasteiger partial charge on any atom is -0.489 e. The van der Waals surface area contributed by atoms with Crippen molar-refractivity contribution in [3.8, 4) is 5.75 Å². The lowest BCUT2D eigenvalue weighted by Gasteiger charge is -2.10. The maximum absolute atomic E-state index is 12.6. The van der Waals surface area contributed by atoms with Gasteiger partial charge < -0.3 is 14.5 Å². The number of aryl methyl sites for hydroxylation is 1. The van der Waals surface area contributed by atoms with Gasteiger partial charge in [-0.1, -0.05) is 18.7 Å². The molecule has 0 spiro atoms. The van der Waals surface area contributed by atoms with E-state index in [1.54, 1.807) is 17.1 Å². The molecule has 0 radical (unpaired) electrons. The SMILES string of the molecule is C=C(C)COc1ccc2c(C)c(CCC(=O)Nc3ccc(Cn4cncn4)cc3)c(=O)oc2c1. The number of ether oxygens (including phenoxy) is 1. The third-order valence-electron chi connectivity index (χ3n) is 5.39. The predicted octanol–water partition coefficient (Wildman–Crippen LogP) is 4.27. The van der Waals surface area contributed by atoms with Crippen LogP contribution in [-0.2, 0) is 17.8 Å². The zero-order valence-corrected chi connectivity index (χ0v) is 19.2. The van der Waals surface area contributed by atoms with Gasteiger partial charge in [0, 0.05) is 29.1 Å². The van der Waals surface area contributed by atoms with Crippen molar-refractivity contribution in [2.45, 2.75) is 33.2 Å². The molecule has 0 saturated carbocycles. The van der Waals surface area contributed by atoms with Gasteiger partial charge in [0.05, 0.1) is 6.54 Å². The number of amides is 1. The largest absolute Gasteiger partial charge is 0.489 e. The molecule has 4 rings (SSSR count). The second-order valence-electron chi connectivity index (χ2n) is 8.23. The van der Waals surface area contributed by atoms with E-state index in [9.17, 15) is 9.59 Å². The van der Waals surface area contributed by atoms with Crippen LogP contribution in [0.4, 0.5) is 5.69 Å². The molecule has 0 bridgehead atoms. The van der Waals surface area contributed by atoms with Crippen LogP contribution >= 0.6 is 0 Å². The number of nitrogens with one attached hydrogen (secondary N) is 1. The molecule has 4 aromatic rings. The fourth-order valence-electron chi connectivity index (χ4n) is 3.62. The van der Waals surface area contributed by atoms with E-state index < -0.39 is 5.63 Å². The highest BCUT2D eigenvalue weighted by Gasteiger charge is 2.14. The van der Waals surface area contributed by atoms with Gasteiger partial charge in [-0.05, 0) is 61.2 Å². The molecule has 0 aliphatic rings. The molecule has 34 heavy (non-hydrogen) atoms. The minimum atomic E-state index is -0.438. The molecule has 0 unspecified atom stereocenters. The van der Waals surface area contributed by atoms with Crippen LogP contribution in [0.1, 0.15) is 30.0 Å². The van der Waals surface area contributed by atoms with Crippen molar-refractivity contribution in [1.82, 2.24) is 14.8 Å². The molecular formula is C26H26N4O4. The van der Waals surface area contributed by atoms with E-state index >= 15 is 0 Å². The van der Waals surface area contributed by atoms with Crippen LogP contribution in [0, 0.1) is 6.92 Å². The number of fused-ring (bicyclic) bond motifs is 1. The first-order valence-corrected chi connectivity index (χ1v) is 10.9. The molecule has 1 amide bonds. The zero-order valence-electron chi connectivity index (χ0n) is 19.2. The van der Waals surface area contributed by atoms with Gasteiger partial charge in [-0.2, -0.15) is 5.10 Å². The van der Waals surface area contributed by atoms with Crippen molar-refractivity contribution in [3.63, 3.8) is 0 Å². The lowest BCUT2D eigenvalue weighted by Crippen LogP contribution is -2.16. The van der Waals surface area contributed by atoms with Crippen LogP contribution in [0.25, 0.3) is 11.0 Å². The number of benzene rings is 2. The van der Waals surface area contributed by atoms with Crippen LogP contribution in [0.2, 0.25) is 0 Å². The van der Waals surface area contributed by atoms with Gasteiger partial charge in [0.25, 0.3) is 0 Å². The first-order chi connectivity index (χ1) is 16.4. The van der Waals surface area contributed by atoms with E-state index in [1.165, 1.54) is 6.33 Å². The third kappa shape index (κ3) is 5.58. The average molecular weight is 459 g/mol. The number of hydrogen-bond acceptors (Lipinski definition) is 6. The second-order valence-corrected chi connectivity index (χ2v) is 8.23. The Morgan fingerprint density at radius 2 is 2.00 bits per heavy atom. The highest BCUT2D eigenvalue weighted by Crippen LogP contribution is 2.25. The summed E-state index contributed by atoms with van der Waals surface area (Å²) in [5.74, 6) is 0.434. The van der Waals surface area contributed by atoms with Gasteiger partial charge >= 0.3 is 5.63 Å². The predicted molar refractivity (Wildman–Crippen MR) is 130 cm³/mol. The number of rotatable bonds is 9. The normalized spacial score (nSPS) is 10.9. The first kappa shape index (κ1) is 23.0. The Kier molecular flexibility index (Phi) is 6.87. The number of aromatic nitrogens is 3. The molecule has 2 heterocycles. The van der Waals surface area contributed by atoms with Crippen molar-refractivity contribution in [3.05, 3.63) is 94.4 Å². The maximum Gasteiger partial charge on any atom is 0.339 e. The van der Waals surface area contributed by atoms with E-state index in [4.69, 9.17) is 9.15 Å². The Balaban J connectivity index is 1.39. The lowest BCUT2D eigenvalue weighted by molar-refractivity contribution is -0.116. The monoisotopic (exact) mass is 458 g/mol. The van der Waals surface area contributed by atoms with Crippen LogP contribution in [0.5, 0.6) is 5.75 Å². The van der Waals surface area contributed by atoms with Gasteiger partial charge in [0.2, 0.25) is 5.91 Å². The molecule has 0 aliphatic heterocycles. The topological polar surface area (TPSA) is 99.2 Å². The minimum absolute atomic E-state index is 0.164. The summed E-state index contributed by atoms with van der Waals surface area (Å²) in [4.78, 5) is 29.0. The Morgan fingerprint density at radius 3 is 2.71 bits per heavy atom. The summed E-state index contributed by atoms with van der Waals surface area (Å²) in [6, 6.07) is 12.9. The van der Waals surface area contributed by atoms with Gasteiger partial charge in [-0.25, -0.2) is 14.5 Å². The Bertz CT molecular complexity index is 1370. The van der Waals surface area contributed by atoms with Crippen molar-refractivity contribution in [1.29, 1.82) is 0 Å². The van der Waals surface area contributed by atoms with Gasteiger partial charge in [-0.3, -0.25) is 4.79 Å². The molecule has 174 valence electrons. The van der Waals surface area contributed by atoms with Crippen molar-refractivity contribution < 1.29 is 13.9 Å². The maximum atomic E-state index is 12.6. The van der Waals surface area contributed by atoms with Gasteiger partial charge in [0.1, 0.15) is 30.6 Å². The second kappa shape index (κ2) is 10.2. The highest BCUT2D eigenvalue weighted by molar-refractivity contribution is 5.91. The molecule has 0 fully saturated rings. The standard InChI is InChI=1S/C26H26N4O4/c1-17(2)14-33-21-8-9-22-18(3)23(26(32)34-24(22)12-21)10-11-25(31)29-20-6-4-19(5-7-20)13-30-16-27-15-28-30/h4-9,12,15-16H,1,10-11,13-14H2,2-3H3,(H,29,31). The van der Waals surface area contributed by atoms with E-state index in [-0.39, 0.29) is 18.7 Å². The summed E-state index contributed by atoms with van der Waals surface area (Å²) in [5.41, 5.74) is 3.96. The van der Waals surface area contributed by atoms with Crippen molar-refractivity contribution >= 4 is 22.6 Å². The van der Waals surface area contributed by atoms with E-state index in [0.29, 0.717) is 35.7 Å². The Morgan fingerprint density at radius 1 is 1.21 bits per heavy atom. The number of nitrogens with zero attached hydrogens (tertiary/aromatic N) is 3. The molecule has 0 aliphatic carbocycles. The summed E-state index contributed by atoms with van der Waals surface area (Å²) < 4.78 is 12.9. The molecule has 2 aromatic carbocycles. The van der Waals surface area contributed by atoms with Crippen molar-refractivity contribution in [2.75, 3.05) is 11.9 Å². The number of anilines is 1. The molecule has 0 saturated heterocycles.